The Balaban J connectivity index is 0.00000140. The van der Waals surface area contributed by atoms with Crippen LogP contribution in [0.1, 0.15) is 18.5 Å². The van der Waals surface area contributed by atoms with Gasteiger partial charge < -0.3 is 9.72 Å². The van der Waals surface area contributed by atoms with Crippen LogP contribution in [0.15, 0.2) is 54.9 Å². The van der Waals surface area contributed by atoms with E-state index in [9.17, 15) is 0 Å². The van der Waals surface area contributed by atoms with Gasteiger partial charge in [0.05, 0.1) is 5.69 Å². The Kier molecular flexibility index (Phi) is 8.36. The van der Waals surface area contributed by atoms with Crippen molar-refractivity contribution >= 4 is 24.8 Å². The van der Waals surface area contributed by atoms with Crippen LogP contribution < -0.4 is 4.74 Å². The lowest BCUT2D eigenvalue weighted by Gasteiger charge is -2.14. The van der Waals surface area contributed by atoms with Crippen molar-refractivity contribution in [1.82, 2.24) is 14.9 Å². The molecule has 3 heterocycles. The number of ether oxygens (including phenoxy) is 1. The monoisotopic (exact) mass is 419 g/mol. The van der Waals surface area contributed by atoms with E-state index in [4.69, 9.17) is 4.74 Å². The van der Waals surface area contributed by atoms with Gasteiger partial charge in [-0.15, -0.1) is 24.8 Å². The number of aromatic amines is 1. The van der Waals surface area contributed by atoms with E-state index in [1.165, 1.54) is 42.6 Å². The summed E-state index contributed by atoms with van der Waals surface area (Å²) in [5.74, 6) is 0.956. The van der Waals surface area contributed by atoms with Gasteiger partial charge in [-0.2, -0.15) is 0 Å². The zero-order valence-corrected chi connectivity index (χ0v) is 17.7. The van der Waals surface area contributed by atoms with Gasteiger partial charge in [-0.3, -0.25) is 9.88 Å². The Morgan fingerprint density at radius 1 is 0.929 bits per heavy atom. The fraction of sp³-hybridized carbons (Fsp3) is 0.318. The van der Waals surface area contributed by atoms with Crippen molar-refractivity contribution in [2.24, 2.45) is 0 Å². The maximum absolute atomic E-state index is 6.01. The maximum atomic E-state index is 6.01. The molecule has 1 aliphatic heterocycles. The molecule has 0 atom stereocenters. The molecule has 4 nitrogen and oxygen atoms in total. The van der Waals surface area contributed by atoms with Crippen molar-refractivity contribution < 1.29 is 4.74 Å². The molecule has 0 bridgehead atoms. The minimum absolute atomic E-state index is 0. The summed E-state index contributed by atoms with van der Waals surface area (Å²) in [5, 5.41) is 0. The smallest absolute Gasteiger partial charge is 0.140 e. The number of aryl methyl sites for hydroxylation is 1. The molecule has 1 aliphatic rings. The number of likely N-dealkylation sites (tertiary alicyclic amines) is 1. The summed E-state index contributed by atoms with van der Waals surface area (Å²) in [7, 11) is 0. The van der Waals surface area contributed by atoms with Crippen LogP contribution in [-0.4, -0.2) is 41.1 Å². The molecular formula is C22H27Cl2N3O. The first-order valence-electron chi connectivity index (χ1n) is 9.35. The Hall–Kier alpha value is -2.01. The molecule has 4 rings (SSSR count). The van der Waals surface area contributed by atoms with Gasteiger partial charge in [0.1, 0.15) is 12.4 Å². The van der Waals surface area contributed by atoms with Crippen molar-refractivity contribution in [2.45, 2.75) is 19.8 Å². The molecule has 1 aromatic carbocycles. The molecule has 28 heavy (non-hydrogen) atoms. The molecule has 150 valence electrons. The average molecular weight is 420 g/mol. The van der Waals surface area contributed by atoms with E-state index >= 15 is 0 Å². The van der Waals surface area contributed by atoms with E-state index in [1.807, 2.05) is 24.5 Å². The first kappa shape index (κ1) is 22.3. The van der Waals surface area contributed by atoms with Crippen molar-refractivity contribution in [3.05, 3.63) is 60.6 Å². The summed E-state index contributed by atoms with van der Waals surface area (Å²) in [5.41, 5.74) is 5.72. The normalized spacial score (nSPS) is 13.6. The third kappa shape index (κ3) is 5.28. The second kappa shape index (κ2) is 10.5. The molecule has 0 saturated carbocycles. The minimum atomic E-state index is 0. The van der Waals surface area contributed by atoms with E-state index < -0.39 is 0 Å². The molecule has 3 aromatic rings. The van der Waals surface area contributed by atoms with Crippen LogP contribution in [0.3, 0.4) is 0 Å². The van der Waals surface area contributed by atoms with Gasteiger partial charge in [-0.1, -0.05) is 24.3 Å². The number of aromatic nitrogens is 2. The highest BCUT2D eigenvalue weighted by molar-refractivity contribution is 5.85. The van der Waals surface area contributed by atoms with Gasteiger partial charge in [0.2, 0.25) is 0 Å². The van der Waals surface area contributed by atoms with E-state index in [1.54, 1.807) is 0 Å². The first-order chi connectivity index (χ1) is 12.8. The van der Waals surface area contributed by atoms with Gasteiger partial charge in [0.25, 0.3) is 0 Å². The summed E-state index contributed by atoms with van der Waals surface area (Å²) in [6, 6.07) is 14.8. The third-order valence-corrected chi connectivity index (χ3v) is 5.04. The lowest BCUT2D eigenvalue weighted by Crippen LogP contribution is -2.25. The predicted octanol–water partition coefficient (Wildman–Crippen LogP) is 5.37. The number of rotatable bonds is 6. The van der Waals surface area contributed by atoms with Crippen LogP contribution in [0.25, 0.3) is 22.4 Å². The maximum Gasteiger partial charge on any atom is 0.140 e. The van der Waals surface area contributed by atoms with Crippen molar-refractivity contribution in [3.63, 3.8) is 0 Å². The molecule has 6 heteroatoms. The number of nitrogens with one attached hydrogen (secondary N) is 1. The van der Waals surface area contributed by atoms with Crippen LogP contribution >= 0.6 is 24.8 Å². The number of benzene rings is 1. The molecule has 0 aliphatic carbocycles. The van der Waals surface area contributed by atoms with Crippen molar-refractivity contribution in [2.75, 3.05) is 26.2 Å². The average Bonchev–Trinajstić information content (AvgIpc) is 3.33. The third-order valence-electron chi connectivity index (χ3n) is 5.04. The van der Waals surface area contributed by atoms with Crippen LogP contribution in [0, 0.1) is 6.92 Å². The van der Waals surface area contributed by atoms with Crippen LogP contribution in [0.2, 0.25) is 0 Å². The predicted molar refractivity (Wildman–Crippen MR) is 120 cm³/mol. The molecule has 1 N–H and O–H groups in total. The van der Waals surface area contributed by atoms with Gasteiger partial charge in [0, 0.05) is 30.7 Å². The highest BCUT2D eigenvalue weighted by atomic mass is 35.5. The highest BCUT2D eigenvalue weighted by Gasteiger charge is 2.12. The molecule has 0 amide bonds. The molecule has 1 fully saturated rings. The first-order valence-corrected chi connectivity index (χ1v) is 9.35. The summed E-state index contributed by atoms with van der Waals surface area (Å²) < 4.78 is 6.01. The zero-order chi connectivity index (χ0) is 17.8. The van der Waals surface area contributed by atoms with E-state index in [0.717, 1.165) is 30.3 Å². The van der Waals surface area contributed by atoms with Gasteiger partial charge in [-0.05, 0) is 61.7 Å². The minimum Gasteiger partial charge on any atom is -0.490 e. The van der Waals surface area contributed by atoms with Crippen LogP contribution in [0.4, 0.5) is 0 Å². The number of nitrogens with zero attached hydrogens (tertiary/aromatic N) is 2. The second-order valence-corrected chi connectivity index (χ2v) is 6.88. The second-order valence-electron chi connectivity index (χ2n) is 6.88. The highest BCUT2D eigenvalue weighted by Crippen LogP contribution is 2.29. The number of pyridine rings is 1. The topological polar surface area (TPSA) is 41.1 Å². The summed E-state index contributed by atoms with van der Waals surface area (Å²) >= 11 is 0. The molecular weight excluding hydrogens is 393 g/mol. The molecule has 2 aromatic heterocycles. The van der Waals surface area contributed by atoms with Crippen molar-refractivity contribution in [3.8, 4) is 28.1 Å². The van der Waals surface area contributed by atoms with E-state index in [2.05, 4.69) is 52.1 Å². The van der Waals surface area contributed by atoms with Crippen LogP contribution in [0.5, 0.6) is 5.75 Å². The van der Waals surface area contributed by atoms with Gasteiger partial charge in [0.15, 0.2) is 0 Å². The Morgan fingerprint density at radius 3 is 2.21 bits per heavy atom. The number of H-pyrrole nitrogens is 1. The zero-order valence-electron chi connectivity index (χ0n) is 16.1. The van der Waals surface area contributed by atoms with Gasteiger partial charge >= 0.3 is 0 Å². The van der Waals surface area contributed by atoms with Crippen LogP contribution in [-0.2, 0) is 0 Å². The standard InChI is InChI=1S/C22H25N3O.2ClH/c1-17-22(26-15-14-25-12-2-3-13-25)16-21(24-17)20-6-4-18(5-7-20)19-8-10-23-11-9-19;;/h4-11,16,24H,2-3,12-15H2,1H3;2*1H. The van der Waals surface area contributed by atoms with Gasteiger partial charge in [-0.25, -0.2) is 0 Å². The fourth-order valence-electron chi connectivity index (χ4n) is 3.52. The lowest BCUT2D eigenvalue weighted by molar-refractivity contribution is 0.237. The summed E-state index contributed by atoms with van der Waals surface area (Å²) in [6.07, 6.45) is 6.29. The molecule has 0 spiro atoms. The Bertz CT molecular complexity index is 844. The quantitative estimate of drug-likeness (QED) is 0.583. The summed E-state index contributed by atoms with van der Waals surface area (Å²) in [4.78, 5) is 10.00. The Morgan fingerprint density at radius 2 is 1.54 bits per heavy atom. The lowest BCUT2D eigenvalue weighted by atomic mass is 10.0. The number of hydrogen-bond acceptors (Lipinski definition) is 3. The number of hydrogen-bond donors (Lipinski definition) is 1. The van der Waals surface area contributed by atoms with E-state index in [-0.39, 0.29) is 24.8 Å². The number of halogens is 2. The van der Waals surface area contributed by atoms with E-state index in [0.29, 0.717) is 0 Å². The molecule has 0 radical (unpaired) electrons. The summed E-state index contributed by atoms with van der Waals surface area (Å²) in [6.45, 7) is 6.26. The van der Waals surface area contributed by atoms with Crippen molar-refractivity contribution in [1.29, 1.82) is 0 Å². The molecule has 1 saturated heterocycles. The SMILES string of the molecule is Cc1[nH]c(-c2ccc(-c3ccncc3)cc2)cc1OCCN1CCCC1.Cl.Cl. The largest absolute Gasteiger partial charge is 0.490 e. The fourth-order valence-corrected chi connectivity index (χ4v) is 3.52. The molecule has 0 unspecified atom stereocenters. The Labute approximate surface area is 179 Å².